The van der Waals surface area contributed by atoms with Gasteiger partial charge in [0, 0.05) is 16.8 Å². The predicted molar refractivity (Wildman–Crippen MR) is 74.5 cm³/mol. The summed E-state index contributed by atoms with van der Waals surface area (Å²) in [6, 6.07) is 6.52. The number of halogens is 1. The monoisotopic (exact) mass is 280 g/mol. The van der Waals surface area contributed by atoms with Crippen LogP contribution in [0.2, 0.25) is 0 Å². The van der Waals surface area contributed by atoms with E-state index in [0.29, 0.717) is 6.54 Å². The summed E-state index contributed by atoms with van der Waals surface area (Å²) in [6.07, 6.45) is 3.77. The molecular formula is C13H17FN4S. The Balaban J connectivity index is 1.76. The largest absolute Gasteiger partial charge is 0.330 e. The molecule has 102 valence electrons. The average molecular weight is 280 g/mol. The van der Waals surface area contributed by atoms with Crippen molar-refractivity contribution in [1.82, 2.24) is 15.0 Å². The summed E-state index contributed by atoms with van der Waals surface area (Å²) in [5.41, 5.74) is 6.44. The molecule has 1 aromatic heterocycles. The molecule has 4 nitrogen and oxygen atoms in total. The van der Waals surface area contributed by atoms with Gasteiger partial charge in [0.2, 0.25) is 0 Å². The molecule has 0 aliphatic carbocycles. The Kier molecular flexibility index (Phi) is 5.35. The van der Waals surface area contributed by atoms with E-state index >= 15 is 0 Å². The molecule has 2 rings (SSSR count). The van der Waals surface area contributed by atoms with E-state index in [-0.39, 0.29) is 5.82 Å². The van der Waals surface area contributed by atoms with Crippen LogP contribution < -0.4 is 5.73 Å². The van der Waals surface area contributed by atoms with Crippen LogP contribution in [-0.4, -0.2) is 27.3 Å². The van der Waals surface area contributed by atoms with Crippen LogP contribution in [0.3, 0.4) is 0 Å². The fourth-order valence-electron chi connectivity index (χ4n) is 1.63. The third kappa shape index (κ3) is 4.65. The number of aromatic nitrogens is 3. The van der Waals surface area contributed by atoms with E-state index < -0.39 is 0 Å². The van der Waals surface area contributed by atoms with Crippen molar-refractivity contribution in [2.45, 2.75) is 24.3 Å². The molecule has 6 heteroatoms. The molecule has 0 unspecified atom stereocenters. The van der Waals surface area contributed by atoms with Gasteiger partial charge in [0.05, 0.1) is 12.2 Å². The highest BCUT2D eigenvalue weighted by molar-refractivity contribution is 7.99. The quantitative estimate of drug-likeness (QED) is 0.789. The molecule has 2 aromatic rings. The summed E-state index contributed by atoms with van der Waals surface area (Å²) in [5.74, 6) is 0.677. The first-order chi connectivity index (χ1) is 9.28. The Labute approximate surface area is 116 Å². The first kappa shape index (κ1) is 14.0. The molecule has 19 heavy (non-hydrogen) atoms. The lowest BCUT2D eigenvalue weighted by Gasteiger charge is -2.01. The highest BCUT2D eigenvalue weighted by Gasteiger charge is 2.01. The van der Waals surface area contributed by atoms with E-state index in [1.54, 1.807) is 23.9 Å². The third-order valence-electron chi connectivity index (χ3n) is 2.63. The molecule has 1 heterocycles. The fraction of sp³-hybridized carbons (Fsp3) is 0.385. The minimum absolute atomic E-state index is 0.204. The van der Waals surface area contributed by atoms with Gasteiger partial charge < -0.3 is 5.73 Å². The molecule has 1 aromatic carbocycles. The minimum atomic E-state index is -0.204. The summed E-state index contributed by atoms with van der Waals surface area (Å²) in [7, 11) is 0. The van der Waals surface area contributed by atoms with Crippen molar-refractivity contribution in [3.63, 3.8) is 0 Å². The number of rotatable bonds is 7. The topological polar surface area (TPSA) is 56.7 Å². The zero-order valence-electron chi connectivity index (χ0n) is 10.6. The maximum Gasteiger partial charge on any atom is 0.123 e. The molecular weight excluding hydrogens is 263 g/mol. The van der Waals surface area contributed by atoms with E-state index in [9.17, 15) is 4.39 Å². The number of nitrogens with two attached hydrogens (primary N) is 1. The summed E-state index contributed by atoms with van der Waals surface area (Å²) >= 11 is 1.68. The fourth-order valence-corrected chi connectivity index (χ4v) is 2.48. The molecule has 0 aliphatic heterocycles. The number of thioether (sulfide) groups is 1. The van der Waals surface area contributed by atoms with Gasteiger partial charge in [0.15, 0.2) is 0 Å². The average Bonchev–Trinajstić information content (AvgIpc) is 2.87. The highest BCUT2D eigenvalue weighted by atomic mass is 32.2. The number of hydrogen-bond acceptors (Lipinski definition) is 4. The van der Waals surface area contributed by atoms with Crippen molar-refractivity contribution < 1.29 is 4.39 Å². The Morgan fingerprint density at radius 1 is 1.26 bits per heavy atom. The molecule has 0 aliphatic rings. The third-order valence-corrected chi connectivity index (χ3v) is 3.62. The molecule has 0 fully saturated rings. The molecule has 0 spiro atoms. The first-order valence-corrected chi connectivity index (χ1v) is 7.24. The van der Waals surface area contributed by atoms with Crippen LogP contribution in [0.25, 0.3) is 0 Å². The summed E-state index contributed by atoms with van der Waals surface area (Å²) in [6.45, 7) is 1.46. The zero-order chi connectivity index (χ0) is 13.5. The van der Waals surface area contributed by atoms with Gasteiger partial charge in [0.1, 0.15) is 5.82 Å². The van der Waals surface area contributed by atoms with Crippen LogP contribution in [0.15, 0.2) is 35.4 Å². The molecule has 0 saturated carbocycles. The lowest BCUT2D eigenvalue weighted by Crippen LogP contribution is -2.01. The van der Waals surface area contributed by atoms with Crippen LogP contribution in [0.5, 0.6) is 0 Å². The van der Waals surface area contributed by atoms with Crippen molar-refractivity contribution in [1.29, 1.82) is 0 Å². The normalized spacial score (nSPS) is 10.8. The molecule has 0 radical (unpaired) electrons. The summed E-state index contributed by atoms with van der Waals surface area (Å²) < 4.78 is 14.6. The summed E-state index contributed by atoms with van der Waals surface area (Å²) in [5, 5.41) is 8.16. The van der Waals surface area contributed by atoms with E-state index in [2.05, 4.69) is 10.3 Å². The van der Waals surface area contributed by atoms with E-state index in [1.165, 1.54) is 12.1 Å². The Bertz CT molecular complexity index is 498. The van der Waals surface area contributed by atoms with Gasteiger partial charge in [-0.1, -0.05) is 5.21 Å². The number of aryl methyl sites for hydroxylation is 2. The van der Waals surface area contributed by atoms with Crippen molar-refractivity contribution >= 4 is 11.8 Å². The van der Waals surface area contributed by atoms with Gasteiger partial charge in [-0.25, -0.2) is 4.39 Å². The van der Waals surface area contributed by atoms with Crippen LogP contribution in [0.4, 0.5) is 4.39 Å². The first-order valence-electron chi connectivity index (χ1n) is 6.25. The second-order valence-corrected chi connectivity index (χ2v) is 5.34. The molecule has 2 N–H and O–H groups in total. The van der Waals surface area contributed by atoms with Gasteiger partial charge >= 0.3 is 0 Å². The smallest absolute Gasteiger partial charge is 0.123 e. The Morgan fingerprint density at radius 3 is 2.79 bits per heavy atom. The standard InChI is InChI=1S/C13H17FN4S/c14-11-3-5-13(6-4-11)19-9-8-18-10-12(16-17-18)2-1-7-15/h3-6,10H,1-2,7-9,15H2. The van der Waals surface area contributed by atoms with Crippen LogP contribution >= 0.6 is 11.8 Å². The Hall–Kier alpha value is -1.40. The second-order valence-electron chi connectivity index (χ2n) is 4.17. The van der Waals surface area contributed by atoms with Crippen molar-refractivity contribution in [2.75, 3.05) is 12.3 Å². The Morgan fingerprint density at radius 2 is 2.05 bits per heavy atom. The van der Waals surface area contributed by atoms with E-state index in [1.807, 2.05) is 10.9 Å². The van der Waals surface area contributed by atoms with Gasteiger partial charge in [-0.15, -0.1) is 16.9 Å². The van der Waals surface area contributed by atoms with E-state index in [0.717, 1.165) is 35.7 Å². The highest BCUT2D eigenvalue weighted by Crippen LogP contribution is 2.18. The maximum atomic E-state index is 12.7. The van der Waals surface area contributed by atoms with Gasteiger partial charge in [0.25, 0.3) is 0 Å². The van der Waals surface area contributed by atoms with Crippen LogP contribution in [-0.2, 0) is 13.0 Å². The predicted octanol–water partition coefficient (Wildman–Crippen LogP) is 2.10. The zero-order valence-corrected chi connectivity index (χ0v) is 11.4. The molecule has 0 atom stereocenters. The summed E-state index contributed by atoms with van der Waals surface area (Å²) in [4.78, 5) is 1.06. The van der Waals surface area contributed by atoms with Crippen molar-refractivity contribution in [3.05, 3.63) is 42.0 Å². The van der Waals surface area contributed by atoms with E-state index in [4.69, 9.17) is 5.73 Å². The number of nitrogens with zero attached hydrogens (tertiary/aromatic N) is 3. The maximum absolute atomic E-state index is 12.7. The minimum Gasteiger partial charge on any atom is -0.330 e. The van der Waals surface area contributed by atoms with Crippen molar-refractivity contribution in [3.8, 4) is 0 Å². The van der Waals surface area contributed by atoms with Crippen LogP contribution in [0, 0.1) is 5.82 Å². The van der Waals surface area contributed by atoms with Gasteiger partial charge in [-0.05, 0) is 43.7 Å². The lowest BCUT2D eigenvalue weighted by molar-refractivity contribution is 0.626. The molecule has 0 saturated heterocycles. The second kappa shape index (κ2) is 7.25. The van der Waals surface area contributed by atoms with Crippen molar-refractivity contribution in [2.24, 2.45) is 5.73 Å². The molecule has 0 amide bonds. The van der Waals surface area contributed by atoms with Crippen LogP contribution in [0.1, 0.15) is 12.1 Å². The number of benzene rings is 1. The SMILES string of the molecule is NCCCc1cn(CCSc2ccc(F)cc2)nn1. The van der Waals surface area contributed by atoms with Gasteiger partial charge in [-0.3, -0.25) is 4.68 Å². The molecule has 0 bridgehead atoms. The number of hydrogen-bond donors (Lipinski definition) is 1. The van der Waals surface area contributed by atoms with Gasteiger partial charge in [-0.2, -0.15) is 0 Å². The lowest BCUT2D eigenvalue weighted by atomic mass is 10.2.